The highest BCUT2D eigenvalue weighted by molar-refractivity contribution is 8.00. The van der Waals surface area contributed by atoms with Gasteiger partial charge in [-0.15, -0.1) is 0 Å². The van der Waals surface area contributed by atoms with E-state index in [4.69, 9.17) is 4.42 Å². The van der Waals surface area contributed by atoms with Crippen LogP contribution in [0.3, 0.4) is 0 Å². The molecule has 0 bridgehead atoms. The summed E-state index contributed by atoms with van der Waals surface area (Å²) in [6.07, 6.45) is 1.48. The van der Waals surface area contributed by atoms with E-state index >= 15 is 0 Å². The first-order valence-electron chi connectivity index (χ1n) is 8.15. The standard InChI is InChI=1S/C19H15F3N2O3S/c1-11(17(25)24-14-4-2-3-5-15(14)26-18(21)22)28-19-23-10-16(27-19)12-6-8-13(20)9-7-12/h2-11,18H,1H3,(H,24,25). The molecule has 5 nitrogen and oxygen atoms in total. The smallest absolute Gasteiger partial charge is 0.387 e. The van der Waals surface area contributed by atoms with Gasteiger partial charge >= 0.3 is 6.61 Å². The van der Waals surface area contributed by atoms with Gasteiger partial charge in [-0.05, 0) is 43.3 Å². The number of nitrogens with zero attached hydrogens (tertiary/aromatic N) is 1. The number of alkyl halides is 2. The van der Waals surface area contributed by atoms with Gasteiger partial charge in [0.15, 0.2) is 5.76 Å². The molecular formula is C19H15F3N2O3S. The molecule has 0 radical (unpaired) electrons. The van der Waals surface area contributed by atoms with Crippen LogP contribution in [-0.4, -0.2) is 22.8 Å². The molecular weight excluding hydrogens is 393 g/mol. The van der Waals surface area contributed by atoms with E-state index < -0.39 is 17.8 Å². The molecule has 1 N–H and O–H groups in total. The maximum Gasteiger partial charge on any atom is 0.387 e. The first-order chi connectivity index (χ1) is 13.4. The normalized spacial score (nSPS) is 12.0. The summed E-state index contributed by atoms with van der Waals surface area (Å²) in [6.45, 7) is -1.37. The van der Waals surface area contributed by atoms with Crippen molar-refractivity contribution in [2.45, 2.75) is 24.0 Å². The number of rotatable bonds is 7. The number of nitrogens with one attached hydrogen (secondary N) is 1. The Bertz CT molecular complexity index is 948. The van der Waals surface area contributed by atoms with Crippen molar-refractivity contribution in [1.29, 1.82) is 0 Å². The summed E-state index contributed by atoms with van der Waals surface area (Å²) < 4.78 is 47.9. The van der Waals surface area contributed by atoms with E-state index in [9.17, 15) is 18.0 Å². The molecule has 1 unspecified atom stereocenters. The lowest BCUT2D eigenvalue weighted by Gasteiger charge is -2.13. The number of thioether (sulfide) groups is 1. The third kappa shape index (κ3) is 5.07. The molecule has 3 aromatic rings. The van der Waals surface area contributed by atoms with Crippen molar-refractivity contribution in [3.05, 3.63) is 60.5 Å². The van der Waals surface area contributed by atoms with Crippen molar-refractivity contribution in [2.24, 2.45) is 0 Å². The van der Waals surface area contributed by atoms with Crippen LogP contribution in [0.2, 0.25) is 0 Å². The van der Waals surface area contributed by atoms with E-state index in [0.29, 0.717) is 11.3 Å². The molecule has 1 aromatic heterocycles. The first kappa shape index (κ1) is 19.8. The van der Waals surface area contributed by atoms with Crippen molar-refractivity contribution < 1.29 is 27.1 Å². The van der Waals surface area contributed by atoms with Crippen LogP contribution in [0, 0.1) is 5.82 Å². The Morgan fingerprint density at radius 1 is 1.18 bits per heavy atom. The molecule has 2 aromatic carbocycles. The van der Waals surface area contributed by atoms with E-state index in [2.05, 4.69) is 15.0 Å². The largest absolute Gasteiger partial charge is 0.433 e. The van der Waals surface area contributed by atoms with Crippen LogP contribution in [0.1, 0.15) is 6.92 Å². The van der Waals surface area contributed by atoms with Crippen LogP contribution >= 0.6 is 11.8 Å². The minimum Gasteiger partial charge on any atom is -0.433 e. The van der Waals surface area contributed by atoms with Gasteiger partial charge in [0.1, 0.15) is 11.6 Å². The average Bonchev–Trinajstić information content (AvgIpc) is 3.12. The molecule has 0 saturated carbocycles. The van der Waals surface area contributed by atoms with Crippen molar-refractivity contribution in [3.63, 3.8) is 0 Å². The molecule has 1 amide bonds. The lowest BCUT2D eigenvalue weighted by Crippen LogP contribution is -2.23. The van der Waals surface area contributed by atoms with Gasteiger partial charge in [-0.2, -0.15) is 8.78 Å². The Morgan fingerprint density at radius 2 is 1.89 bits per heavy atom. The Balaban J connectivity index is 1.64. The summed E-state index contributed by atoms with van der Waals surface area (Å²) in [5, 5.41) is 2.17. The van der Waals surface area contributed by atoms with Gasteiger partial charge in [0.25, 0.3) is 5.22 Å². The van der Waals surface area contributed by atoms with Crippen LogP contribution in [0.4, 0.5) is 18.9 Å². The zero-order valence-corrected chi connectivity index (χ0v) is 15.4. The number of amides is 1. The summed E-state index contributed by atoms with van der Waals surface area (Å²) in [5.41, 5.74) is 0.788. The fourth-order valence-electron chi connectivity index (χ4n) is 2.27. The number of halogens is 3. The van der Waals surface area contributed by atoms with Gasteiger partial charge in [-0.3, -0.25) is 4.79 Å². The number of benzene rings is 2. The molecule has 9 heteroatoms. The fourth-order valence-corrected chi connectivity index (χ4v) is 2.99. The topological polar surface area (TPSA) is 64.4 Å². The molecule has 1 atom stereocenters. The number of ether oxygens (including phenoxy) is 1. The Morgan fingerprint density at radius 3 is 2.61 bits per heavy atom. The Labute approximate surface area is 162 Å². The number of carbonyl (C=O) groups is 1. The summed E-state index contributed by atoms with van der Waals surface area (Å²) in [4.78, 5) is 16.5. The minimum atomic E-state index is -3.00. The number of anilines is 1. The van der Waals surface area contributed by atoms with E-state index in [-0.39, 0.29) is 22.5 Å². The van der Waals surface area contributed by atoms with E-state index in [1.807, 2.05) is 0 Å². The predicted molar refractivity (Wildman–Crippen MR) is 98.9 cm³/mol. The quantitative estimate of drug-likeness (QED) is 0.545. The summed E-state index contributed by atoms with van der Waals surface area (Å²) in [5.74, 6) is -0.486. The SMILES string of the molecule is CC(Sc1ncc(-c2ccc(F)cc2)o1)C(=O)Nc1ccccc1OC(F)F. The molecule has 0 spiro atoms. The number of hydrogen-bond acceptors (Lipinski definition) is 5. The Hall–Kier alpha value is -2.94. The van der Waals surface area contributed by atoms with Crippen LogP contribution in [0.25, 0.3) is 11.3 Å². The monoisotopic (exact) mass is 408 g/mol. The highest BCUT2D eigenvalue weighted by atomic mass is 32.2. The molecule has 3 rings (SSSR count). The number of oxazole rings is 1. The fraction of sp³-hybridized carbons (Fsp3) is 0.158. The van der Waals surface area contributed by atoms with Crippen LogP contribution < -0.4 is 10.1 Å². The molecule has 146 valence electrons. The average molecular weight is 408 g/mol. The van der Waals surface area contributed by atoms with Gasteiger partial charge in [0, 0.05) is 5.56 Å². The summed E-state index contributed by atoms with van der Waals surface area (Å²) in [7, 11) is 0. The maximum atomic E-state index is 13.0. The zero-order valence-electron chi connectivity index (χ0n) is 14.6. The lowest BCUT2D eigenvalue weighted by atomic mass is 10.2. The first-order valence-corrected chi connectivity index (χ1v) is 9.03. The molecule has 0 aliphatic heterocycles. The number of para-hydroxylation sites is 2. The highest BCUT2D eigenvalue weighted by Crippen LogP contribution is 2.30. The summed E-state index contributed by atoms with van der Waals surface area (Å²) in [6, 6.07) is 11.6. The predicted octanol–water partition coefficient (Wildman–Crippen LogP) is 5.20. The molecule has 0 saturated heterocycles. The molecule has 1 heterocycles. The van der Waals surface area contributed by atoms with Gasteiger partial charge in [0.05, 0.1) is 17.1 Å². The minimum absolute atomic E-state index is 0.127. The number of hydrogen-bond donors (Lipinski definition) is 1. The summed E-state index contributed by atoms with van der Waals surface area (Å²) >= 11 is 1.06. The van der Waals surface area contributed by atoms with Crippen molar-refractivity contribution >= 4 is 23.4 Å². The lowest BCUT2D eigenvalue weighted by molar-refractivity contribution is -0.115. The maximum absolute atomic E-state index is 13.0. The number of aromatic nitrogens is 1. The highest BCUT2D eigenvalue weighted by Gasteiger charge is 2.20. The van der Waals surface area contributed by atoms with Crippen molar-refractivity contribution in [3.8, 4) is 17.1 Å². The molecule has 0 aliphatic rings. The third-order valence-corrected chi connectivity index (χ3v) is 4.58. The van der Waals surface area contributed by atoms with E-state index in [1.165, 1.54) is 36.5 Å². The van der Waals surface area contributed by atoms with Gasteiger partial charge in [0.2, 0.25) is 5.91 Å². The van der Waals surface area contributed by atoms with Gasteiger partial charge in [-0.1, -0.05) is 23.9 Å². The van der Waals surface area contributed by atoms with E-state index in [0.717, 1.165) is 11.8 Å². The van der Waals surface area contributed by atoms with E-state index in [1.54, 1.807) is 25.1 Å². The van der Waals surface area contributed by atoms with Crippen molar-refractivity contribution in [1.82, 2.24) is 4.98 Å². The van der Waals surface area contributed by atoms with Crippen LogP contribution in [0.5, 0.6) is 5.75 Å². The zero-order chi connectivity index (χ0) is 20.1. The van der Waals surface area contributed by atoms with Gasteiger partial charge < -0.3 is 14.5 Å². The second-order valence-corrected chi connectivity index (χ2v) is 6.91. The second-order valence-electron chi connectivity index (χ2n) is 5.62. The number of carbonyl (C=O) groups excluding carboxylic acids is 1. The molecule has 0 aliphatic carbocycles. The molecule has 0 fully saturated rings. The third-order valence-electron chi connectivity index (χ3n) is 3.62. The van der Waals surface area contributed by atoms with Crippen LogP contribution in [0.15, 0.2) is 64.4 Å². The second kappa shape index (κ2) is 8.83. The van der Waals surface area contributed by atoms with Gasteiger partial charge in [-0.25, -0.2) is 9.37 Å². The van der Waals surface area contributed by atoms with Crippen molar-refractivity contribution in [2.75, 3.05) is 5.32 Å². The van der Waals surface area contributed by atoms with Crippen LogP contribution in [-0.2, 0) is 4.79 Å². The molecule has 28 heavy (non-hydrogen) atoms. The Kier molecular flexibility index (Phi) is 6.25.